The molecule has 10 heteroatoms. The molecule has 0 saturated carbocycles. The SMILES string of the molecule is CC/C=C/C/C=C/C/C=C/C/C=C/CCCCC(=O)O[C@H](COC(=O)CCCCCCCCCCCCCC)COP(=O)([O-])OCC[N+](C)(C)C. The third-order valence-electron chi connectivity index (χ3n) is 8.11. The second-order valence-corrected chi connectivity index (χ2v) is 15.7. The third kappa shape index (κ3) is 37.5. The highest BCUT2D eigenvalue weighted by Gasteiger charge is 2.21. The highest BCUT2D eigenvalue weighted by molar-refractivity contribution is 7.45. The van der Waals surface area contributed by atoms with E-state index < -0.39 is 32.5 Å². The summed E-state index contributed by atoms with van der Waals surface area (Å²) in [6, 6.07) is 0. The molecule has 9 nitrogen and oxygen atoms in total. The lowest BCUT2D eigenvalue weighted by molar-refractivity contribution is -0.870. The minimum absolute atomic E-state index is 0.0396. The summed E-state index contributed by atoms with van der Waals surface area (Å²) in [6.07, 6.45) is 37.1. The van der Waals surface area contributed by atoms with Crippen LogP contribution in [0.25, 0.3) is 0 Å². The molecule has 0 radical (unpaired) electrons. The Morgan fingerprint density at radius 1 is 0.627 bits per heavy atom. The van der Waals surface area contributed by atoms with E-state index in [4.69, 9.17) is 18.5 Å². The van der Waals surface area contributed by atoms with Gasteiger partial charge in [-0.1, -0.05) is 133 Å². The summed E-state index contributed by atoms with van der Waals surface area (Å²) in [5, 5.41) is 0. The highest BCUT2D eigenvalue weighted by atomic mass is 31.2. The smallest absolute Gasteiger partial charge is 0.306 e. The summed E-state index contributed by atoms with van der Waals surface area (Å²) >= 11 is 0. The number of ether oxygens (including phenoxy) is 2. The topological polar surface area (TPSA) is 111 Å². The molecule has 0 aromatic carbocycles. The average Bonchev–Trinajstić information content (AvgIpc) is 3.07. The molecule has 0 spiro atoms. The van der Waals surface area contributed by atoms with Gasteiger partial charge in [-0.25, -0.2) is 0 Å². The number of nitrogens with zero attached hydrogens (tertiary/aromatic N) is 1. The number of unbranched alkanes of at least 4 members (excludes halogenated alkanes) is 13. The predicted octanol–water partition coefficient (Wildman–Crippen LogP) is 10.1. The Bertz CT molecular complexity index is 1020. The maximum absolute atomic E-state index is 12.6. The number of esters is 2. The highest BCUT2D eigenvalue weighted by Crippen LogP contribution is 2.38. The van der Waals surface area contributed by atoms with Crippen molar-refractivity contribution < 1.29 is 42.1 Å². The van der Waals surface area contributed by atoms with E-state index in [1.807, 2.05) is 21.1 Å². The largest absolute Gasteiger partial charge is 0.756 e. The summed E-state index contributed by atoms with van der Waals surface area (Å²) < 4.78 is 33.7. The van der Waals surface area contributed by atoms with Crippen molar-refractivity contribution in [3.63, 3.8) is 0 Å². The number of hydrogen-bond acceptors (Lipinski definition) is 8. The lowest BCUT2D eigenvalue weighted by Crippen LogP contribution is -2.37. The van der Waals surface area contributed by atoms with Gasteiger partial charge in [0.2, 0.25) is 0 Å². The Morgan fingerprint density at radius 2 is 1.12 bits per heavy atom. The summed E-state index contributed by atoms with van der Waals surface area (Å²) in [6.45, 7) is 4.04. The zero-order valence-electron chi connectivity index (χ0n) is 33.0. The first kappa shape index (κ1) is 49.0. The van der Waals surface area contributed by atoms with E-state index in [1.54, 1.807) is 0 Å². The van der Waals surface area contributed by atoms with Gasteiger partial charge in [-0.15, -0.1) is 0 Å². The van der Waals surface area contributed by atoms with E-state index in [0.717, 1.165) is 57.8 Å². The monoisotopic (exact) mass is 740 g/mol. The van der Waals surface area contributed by atoms with Gasteiger partial charge in [0.25, 0.3) is 7.82 Å². The first-order valence-electron chi connectivity index (χ1n) is 19.8. The van der Waals surface area contributed by atoms with Gasteiger partial charge in [0.05, 0.1) is 27.7 Å². The first-order valence-corrected chi connectivity index (χ1v) is 21.3. The van der Waals surface area contributed by atoms with Crippen LogP contribution < -0.4 is 4.89 Å². The summed E-state index contributed by atoms with van der Waals surface area (Å²) in [5.41, 5.74) is 0. The molecular formula is C41H74NO8P. The van der Waals surface area contributed by atoms with Gasteiger partial charge in [0, 0.05) is 12.8 Å². The Morgan fingerprint density at radius 3 is 1.67 bits per heavy atom. The number of rotatable bonds is 35. The molecule has 0 bridgehead atoms. The van der Waals surface area contributed by atoms with Crippen molar-refractivity contribution in [2.45, 2.75) is 155 Å². The van der Waals surface area contributed by atoms with E-state index in [1.165, 1.54) is 57.8 Å². The van der Waals surface area contributed by atoms with E-state index in [-0.39, 0.29) is 26.1 Å². The molecule has 1 unspecified atom stereocenters. The molecular weight excluding hydrogens is 665 g/mol. The Labute approximate surface area is 312 Å². The van der Waals surface area contributed by atoms with Gasteiger partial charge in [0.1, 0.15) is 19.8 Å². The van der Waals surface area contributed by atoms with Crippen molar-refractivity contribution >= 4 is 19.8 Å². The van der Waals surface area contributed by atoms with Crippen LogP contribution in [0.3, 0.4) is 0 Å². The van der Waals surface area contributed by atoms with Crippen molar-refractivity contribution in [3.8, 4) is 0 Å². The van der Waals surface area contributed by atoms with Gasteiger partial charge in [-0.3, -0.25) is 14.2 Å². The van der Waals surface area contributed by atoms with Crippen molar-refractivity contribution in [2.75, 3.05) is 47.5 Å². The number of quaternary nitrogens is 1. The van der Waals surface area contributed by atoms with Gasteiger partial charge in [-0.2, -0.15) is 0 Å². The van der Waals surface area contributed by atoms with Crippen molar-refractivity contribution in [2.24, 2.45) is 0 Å². The fraction of sp³-hybridized carbons (Fsp3) is 0.756. The molecule has 0 amide bonds. The molecule has 2 atom stereocenters. The zero-order valence-corrected chi connectivity index (χ0v) is 33.9. The minimum Gasteiger partial charge on any atom is -0.756 e. The maximum atomic E-state index is 12.6. The number of likely N-dealkylation sites (N-methyl/N-ethyl adjacent to an activating group) is 1. The van der Waals surface area contributed by atoms with Gasteiger partial charge >= 0.3 is 11.9 Å². The number of phosphoric acid groups is 1. The van der Waals surface area contributed by atoms with E-state index in [0.29, 0.717) is 17.4 Å². The van der Waals surface area contributed by atoms with Crippen LogP contribution >= 0.6 is 7.82 Å². The fourth-order valence-electron chi connectivity index (χ4n) is 5.00. The Hall–Kier alpha value is -2.03. The van der Waals surface area contributed by atoms with Crippen LogP contribution in [0.2, 0.25) is 0 Å². The molecule has 0 heterocycles. The molecule has 0 aliphatic rings. The Balaban J connectivity index is 4.51. The molecule has 0 aliphatic heterocycles. The van der Waals surface area contributed by atoms with Crippen LogP contribution in [0.15, 0.2) is 48.6 Å². The second kappa shape index (κ2) is 33.8. The standard InChI is InChI=1S/C41H74NO8P/c1-6-8-10-12-14-16-18-20-21-22-24-26-28-30-32-34-41(44)50-39(38-49-51(45,46)48-36-35-42(3,4)5)37-47-40(43)33-31-29-27-25-23-19-17-15-13-11-9-7-2/h8,10,14,16,20-21,24,26,39H,6-7,9,11-13,15,17-19,22-23,25,27-38H2,1-5H3/b10-8+,16-14+,21-20+,26-24+/t39-/m1/s1. The Kier molecular flexibility index (Phi) is 32.4. The molecule has 0 N–H and O–H groups in total. The van der Waals surface area contributed by atoms with Crippen molar-refractivity contribution in [1.29, 1.82) is 0 Å². The van der Waals surface area contributed by atoms with Gasteiger partial charge < -0.3 is 27.9 Å². The number of hydrogen-bond donors (Lipinski definition) is 0. The van der Waals surface area contributed by atoms with Crippen LogP contribution in [0.5, 0.6) is 0 Å². The summed E-state index contributed by atoms with van der Waals surface area (Å²) in [4.78, 5) is 37.3. The van der Waals surface area contributed by atoms with Crippen molar-refractivity contribution in [3.05, 3.63) is 48.6 Å². The molecule has 296 valence electrons. The fourth-order valence-corrected chi connectivity index (χ4v) is 5.73. The van der Waals surface area contributed by atoms with Crippen LogP contribution in [0.1, 0.15) is 149 Å². The molecule has 0 fully saturated rings. The van der Waals surface area contributed by atoms with E-state index in [9.17, 15) is 19.0 Å². The van der Waals surface area contributed by atoms with Gasteiger partial charge in [0.15, 0.2) is 6.10 Å². The maximum Gasteiger partial charge on any atom is 0.306 e. The van der Waals surface area contributed by atoms with E-state index in [2.05, 4.69) is 62.5 Å². The minimum atomic E-state index is -4.63. The number of carbonyl (C=O) groups excluding carboxylic acids is 2. The summed E-state index contributed by atoms with van der Waals surface area (Å²) in [5.74, 6) is -0.886. The third-order valence-corrected chi connectivity index (χ3v) is 9.08. The molecule has 51 heavy (non-hydrogen) atoms. The van der Waals surface area contributed by atoms with Crippen molar-refractivity contribution in [1.82, 2.24) is 0 Å². The molecule has 0 aliphatic carbocycles. The lowest BCUT2D eigenvalue weighted by Gasteiger charge is -2.28. The second-order valence-electron chi connectivity index (χ2n) is 14.3. The molecule has 0 saturated heterocycles. The lowest BCUT2D eigenvalue weighted by atomic mass is 10.0. The van der Waals surface area contributed by atoms with E-state index >= 15 is 0 Å². The zero-order chi connectivity index (χ0) is 37.9. The first-order chi connectivity index (χ1) is 24.5. The molecule has 0 aromatic heterocycles. The predicted molar refractivity (Wildman–Crippen MR) is 208 cm³/mol. The molecule has 0 rings (SSSR count). The summed E-state index contributed by atoms with van der Waals surface area (Å²) in [7, 11) is 1.13. The van der Waals surface area contributed by atoms with Crippen LogP contribution in [-0.2, 0) is 32.7 Å². The van der Waals surface area contributed by atoms with Crippen LogP contribution in [-0.4, -0.2) is 70.0 Å². The number of allylic oxidation sites excluding steroid dienone is 8. The number of carbonyl (C=O) groups is 2. The normalized spacial score (nSPS) is 14.2. The molecule has 0 aromatic rings. The average molecular weight is 740 g/mol. The van der Waals surface area contributed by atoms with Gasteiger partial charge in [-0.05, 0) is 51.4 Å². The number of phosphoric ester groups is 1. The van der Waals surface area contributed by atoms with Crippen LogP contribution in [0.4, 0.5) is 0 Å². The quantitative estimate of drug-likeness (QED) is 0.0208. The van der Waals surface area contributed by atoms with Crippen LogP contribution in [0, 0.1) is 0 Å².